The van der Waals surface area contributed by atoms with Crippen molar-refractivity contribution in [3.05, 3.63) is 0 Å². The monoisotopic (exact) mass is 342 g/mol. The zero-order valence-corrected chi connectivity index (χ0v) is 15.5. The number of hydrogen-bond acceptors (Lipinski definition) is 4. The van der Waals surface area contributed by atoms with Crippen LogP contribution in [-0.2, 0) is 18.2 Å². The Hall–Kier alpha value is 0.400. The molecule has 4 nitrogen and oxygen atoms in total. The summed E-state index contributed by atoms with van der Waals surface area (Å²) in [6.45, 7) is 6.51. The Morgan fingerprint density at radius 2 is 1.43 bits per heavy atom. The van der Waals surface area contributed by atoms with Gasteiger partial charge in [-0.2, -0.15) is 4.08 Å². The first-order valence-corrected chi connectivity index (χ1v) is 10.3. The normalized spacial score (nSPS) is 14.5. The molecule has 0 heterocycles. The second-order valence-electron chi connectivity index (χ2n) is 5.45. The predicted molar refractivity (Wildman–Crippen MR) is 88.6 cm³/mol. The zero-order valence-electron chi connectivity index (χ0n) is 13.8. The van der Waals surface area contributed by atoms with Crippen LogP contribution in [0.4, 0.5) is 0 Å². The lowest BCUT2D eigenvalue weighted by atomic mass is 10.1. The van der Waals surface area contributed by atoms with E-state index in [9.17, 15) is 4.57 Å². The highest BCUT2D eigenvalue weighted by atomic mass is 35.5. The maximum Gasteiger partial charge on any atom is 0.376 e. The van der Waals surface area contributed by atoms with Crippen LogP contribution in [0.25, 0.3) is 0 Å². The van der Waals surface area contributed by atoms with Crippen molar-refractivity contribution in [3.8, 4) is 0 Å². The third-order valence-electron chi connectivity index (χ3n) is 3.72. The van der Waals surface area contributed by atoms with Crippen LogP contribution in [0.5, 0.6) is 0 Å². The maximum atomic E-state index is 12.3. The van der Waals surface area contributed by atoms with Gasteiger partial charge in [-0.05, 0) is 19.3 Å². The SMILES string of the molecule is CCCCCCCCCCOOP(=O)(OCl)C(CC)CC. The van der Waals surface area contributed by atoms with E-state index in [1.807, 2.05) is 13.8 Å². The van der Waals surface area contributed by atoms with Gasteiger partial charge in [0.1, 0.15) is 0 Å². The summed E-state index contributed by atoms with van der Waals surface area (Å²) in [5.41, 5.74) is -0.214. The Kier molecular flexibility index (Phi) is 14.3. The molecule has 0 aliphatic carbocycles. The molecule has 0 saturated heterocycles. The van der Waals surface area contributed by atoms with Gasteiger partial charge in [-0.3, -0.25) is 4.57 Å². The highest BCUT2D eigenvalue weighted by Gasteiger charge is 2.35. The molecule has 0 aromatic carbocycles. The number of rotatable bonds is 15. The number of hydrogen-bond donors (Lipinski definition) is 0. The molecule has 0 aromatic rings. The summed E-state index contributed by atoms with van der Waals surface area (Å²) in [6.07, 6.45) is 11.1. The zero-order chi connectivity index (χ0) is 16.0. The van der Waals surface area contributed by atoms with E-state index in [1.165, 1.54) is 38.5 Å². The van der Waals surface area contributed by atoms with Crippen molar-refractivity contribution in [3.63, 3.8) is 0 Å². The van der Waals surface area contributed by atoms with Gasteiger partial charge < -0.3 is 0 Å². The Bertz CT molecular complexity index is 272. The highest BCUT2D eigenvalue weighted by Crippen LogP contribution is 2.56. The molecule has 21 heavy (non-hydrogen) atoms. The summed E-state index contributed by atoms with van der Waals surface area (Å²) in [6, 6.07) is 0. The Labute approximate surface area is 135 Å². The largest absolute Gasteiger partial charge is 0.376 e. The minimum absolute atomic E-state index is 0.214. The molecule has 0 fully saturated rings. The lowest BCUT2D eigenvalue weighted by Crippen LogP contribution is -2.09. The Balaban J connectivity index is 3.62. The van der Waals surface area contributed by atoms with E-state index in [2.05, 4.69) is 11.0 Å². The van der Waals surface area contributed by atoms with Crippen molar-refractivity contribution in [1.29, 1.82) is 0 Å². The molecule has 1 atom stereocenters. The minimum Gasteiger partial charge on any atom is -0.256 e. The van der Waals surface area contributed by atoms with Crippen molar-refractivity contribution in [2.24, 2.45) is 0 Å². The second kappa shape index (κ2) is 14.0. The smallest absolute Gasteiger partial charge is 0.256 e. The topological polar surface area (TPSA) is 44.8 Å². The fraction of sp³-hybridized carbons (Fsp3) is 1.00. The fourth-order valence-electron chi connectivity index (χ4n) is 2.27. The molecule has 0 aliphatic rings. The van der Waals surface area contributed by atoms with E-state index in [0.29, 0.717) is 19.4 Å². The molecule has 1 unspecified atom stereocenters. The molecule has 128 valence electrons. The molecule has 0 amide bonds. The standard InChI is InChI=1S/C15H32ClO4P/c1-4-7-8-9-10-11-12-13-14-18-20-21(17,19-16)15(5-2)6-3/h15H,4-14H2,1-3H3. The van der Waals surface area contributed by atoms with E-state index < -0.39 is 7.60 Å². The summed E-state index contributed by atoms with van der Waals surface area (Å²) in [7, 11) is -3.34. The van der Waals surface area contributed by atoms with Crippen LogP contribution in [-0.4, -0.2) is 12.3 Å². The molecular formula is C15H32ClO4P. The third-order valence-corrected chi connectivity index (χ3v) is 6.43. The molecule has 0 rings (SSSR count). The van der Waals surface area contributed by atoms with Gasteiger partial charge in [-0.25, -0.2) is 4.89 Å². The van der Waals surface area contributed by atoms with Gasteiger partial charge in [0.15, 0.2) is 0 Å². The van der Waals surface area contributed by atoms with Crippen LogP contribution in [0.1, 0.15) is 85.0 Å². The van der Waals surface area contributed by atoms with Crippen LogP contribution in [0, 0.1) is 0 Å². The number of unbranched alkanes of at least 4 members (excludes halogenated alkanes) is 7. The van der Waals surface area contributed by atoms with Gasteiger partial charge in [-0.15, -0.1) is 4.67 Å². The van der Waals surface area contributed by atoms with Crippen LogP contribution >= 0.6 is 19.5 Å². The van der Waals surface area contributed by atoms with E-state index in [-0.39, 0.29) is 5.66 Å². The first-order chi connectivity index (χ1) is 10.1. The van der Waals surface area contributed by atoms with Gasteiger partial charge in [-0.1, -0.05) is 65.7 Å². The molecule has 0 N–H and O–H groups in total. The molecule has 6 heteroatoms. The first-order valence-electron chi connectivity index (χ1n) is 8.35. The summed E-state index contributed by atoms with van der Waals surface area (Å²) < 4.78 is 21.8. The van der Waals surface area contributed by atoms with E-state index >= 15 is 0 Å². The second-order valence-corrected chi connectivity index (χ2v) is 7.96. The van der Waals surface area contributed by atoms with Crippen LogP contribution in [0.15, 0.2) is 0 Å². The fourth-order valence-corrected chi connectivity index (χ4v) is 4.05. The maximum absolute atomic E-state index is 12.3. The van der Waals surface area contributed by atoms with Crippen molar-refractivity contribution in [2.45, 2.75) is 90.6 Å². The highest BCUT2D eigenvalue weighted by molar-refractivity contribution is 7.55. The van der Waals surface area contributed by atoms with E-state index in [1.54, 1.807) is 0 Å². The Morgan fingerprint density at radius 1 is 0.905 bits per heavy atom. The van der Waals surface area contributed by atoms with E-state index in [4.69, 9.17) is 21.4 Å². The molecule has 0 saturated carbocycles. The lowest BCUT2D eigenvalue weighted by Gasteiger charge is -2.20. The molecule has 0 bridgehead atoms. The average molecular weight is 343 g/mol. The summed E-state index contributed by atoms with van der Waals surface area (Å²) >= 11 is 5.32. The van der Waals surface area contributed by atoms with Gasteiger partial charge >= 0.3 is 7.60 Å². The summed E-state index contributed by atoms with van der Waals surface area (Å²) in [5, 5.41) is 0. The minimum atomic E-state index is -3.34. The van der Waals surface area contributed by atoms with Crippen LogP contribution < -0.4 is 0 Å². The van der Waals surface area contributed by atoms with Crippen LogP contribution in [0.3, 0.4) is 0 Å². The van der Waals surface area contributed by atoms with Gasteiger partial charge in [0, 0.05) is 0 Å². The van der Waals surface area contributed by atoms with Crippen molar-refractivity contribution < 1.29 is 18.2 Å². The predicted octanol–water partition coefficient (Wildman–Crippen LogP) is 6.63. The van der Waals surface area contributed by atoms with Crippen molar-refractivity contribution >= 4 is 19.5 Å². The third kappa shape index (κ3) is 9.91. The average Bonchev–Trinajstić information content (AvgIpc) is 2.50. The molecular weight excluding hydrogens is 311 g/mol. The Morgan fingerprint density at radius 3 is 1.90 bits per heavy atom. The molecule has 0 radical (unpaired) electrons. The van der Waals surface area contributed by atoms with Gasteiger partial charge in [0.2, 0.25) is 0 Å². The first kappa shape index (κ1) is 21.4. The van der Waals surface area contributed by atoms with Crippen molar-refractivity contribution in [2.75, 3.05) is 6.61 Å². The van der Waals surface area contributed by atoms with Crippen molar-refractivity contribution in [1.82, 2.24) is 0 Å². The molecule has 0 spiro atoms. The summed E-state index contributed by atoms with van der Waals surface area (Å²) in [4.78, 5) is 5.05. The lowest BCUT2D eigenvalue weighted by molar-refractivity contribution is -0.213. The van der Waals surface area contributed by atoms with Gasteiger partial charge in [0.25, 0.3) is 0 Å². The van der Waals surface area contributed by atoms with Gasteiger partial charge in [0.05, 0.1) is 24.1 Å². The van der Waals surface area contributed by atoms with E-state index in [0.717, 1.165) is 12.8 Å². The molecule has 0 aromatic heterocycles. The number of halogens is 1. The quantitative estimate of drug-likeness (QED) is 0.145. The summed E-state index contributed by atoms with van der Waals surface area (Å²) in [5.74, 6) is 0. The molecule has 0 aliphatic heterocycles. The van der Waals surface area contributed by atoms with Crippen LogP contribution in [0.2, 0.25) is 0 Å².